The Hall–Kier alpha value is -1.65. The van der Waals surface area contributed by atoms with Crippen molar-refractivity contribution in [2.24, 2.45) is 0 Å². The largest absolute Gasteiger partial charge is 0.367 e. The Balaban J connectivity index is 1.98. The highest BCUT2D eigenvalue weighted by molar-refractivity contribution is 9.10. The first-order chi connectivity index (χ1) is 9.70. The summed E-state index contributed by atoms with van der Waals surface area (Å²) in [5, 5.41) is 2.89. The first-order valence-corrected chi connectivity index (χ1v) is 7.10. The third-order valence-corrected chi connectivity index (χ3v) is 3.48. The fourth-order valence-corrected chi connectivity index (χ4v) is 2.17. The zero-order valence-corrected chi connectivity index (χ0v) is 12.8. The molecule has 1 amide bonds. The van der Waals surface area contributed by atoms with Gasteiger partial charge in [0.25, 0.3) is 5.91 Å². The summed E-state index contributed by atoms with van der Waals surface area (Å²) in [6.07, 6.45) is -0.577. The quantitative estimate of drug-likeness (QED) is 0.909. The fourth-order valence-electron chi connectivity index (χ4n) is 1.91. The van der Waals surface area contributed by atoms with E-state index in [1.165, 1.54) is 7.11 Å². The van der Waals surface area contributed by atoms with Crippen molar-refractivity contribution in [3.8, 4) is 0 Å². The molecule has 0 bridgehead atoms. The molecule has 0 spiro atoms. The van der Waals surface area contributed by atoms with E-state index >= 15 is 0 Å². The number of hydrogen-bond donors (Lipinski definition) is 1. The Morgan fingerprint density at radius 3 is 2.40 bits per heavy atom. The molecule has 0 saturated heterocycles. The molecule has 4 heteroatoms. The molecule has 1 N–H and O–H groups in total. The minimum absolute atomic E-state index is 0.137. The summed E-state index contributed by atoms with van der Waals surface area (Å²) in [5.74, 6) is -0.137. The molecule has 2 aromatic carbocycles. The summed E-state index contributed by atoms with van der Waals surface area (Å²) >= 11 is 3.38. The molecule has 0 saturated carbocycles. The Kier molecular flexibility index (Phi) is 5.32. The summed E-state index contributed by atoms with van der Waals surface area (Å²) < 4.78 is 6.31. The Labute approximate surface area is 127 Å². The number of carbonyl (C=O) groups excluding carboxylic acids is 1. The van der Waals surface area contributed by atoms with Crippen LogP contribution in [-0.2, 0) is 16.1 Å². The number of halogens is 1. The van der Waals surface area contributed by atoms with E-state index in [2.05, 4.69) is 21.2 Å². The molecule has 1 unspecified atom stereocenters. The van der Waals surface area contributed by atoms with E-state index in [1.807, 2.05) is 54.6 Å². The van der Waals surface area contributed by atoms with Crippen LogP contribution in [0.5, 0.6) is 0 Å². The molecular formula is C16H16BrNO2. The molecule has 0 radical (unpaired) electrons. The lowest BCUT2D eigenvalue weighted by Gasteiger charge is -2.15. The summed E-state index contributed by atoms with van der Waals surface area (Å²) in [6.45, 7) is 0.485. The second-order valence-corrected chi connectivity index (χ2v) is 5.29. The molecule has 0 aromatic heterocycles. The Morgan fingerprint density at radius 1 is 1.15 bits per heavy atom. The number of amides is 1. The van der Waals surface area contributed by atoms with Crippen LogP contribution in [0.4, 0.5) is 0 Å². The lowest BCUT2D eigenvalue weighted by molar-refractivity contribution is -0.131. The van der Waals surface area contributed by atoms with Gasteiger partial charge in [-0.3, -0.25) is 4.79 Å². The van der Waals surface area contributed by atoms with E-state index in [4.69, 9.17) is 4.74 Å². The third-order valence-electron chi connectivity index (χ3n) is 2.96. The van der Waals surface area contributed by atoms with E-state index in [0.717, 1.165) is 15.6 Å². The van der Waals surface area contributed by atoms with E-state index in [-0.39, 0.29) is 5.91 Å². The SMILES string of the molecule is COC(C(=O)NCc1ccc(Br)cc1)c1ccccc1. The van der Waals surface area contributed by atoms with Crippen LogP contribution in [0.3, 0.4) is 0 Å². The van der Waals surface area contributed by atoms with Gasteiger partial charge in [-0.2, -0.15) is 0 Å². The number of methoxy groups -OCH3 is 1. The Morgan fingerprint density at radius 2 is 1.80 bits per heavy atom. The van der Waals surface area contributed by atoms with Crippen LogP contribution in [0.1, 0.15) is 17.2 Å². The van der Waals surface area contributed by atoms with E-state index in [1.54, 1.807) is 0 Å². The van der Waals surface area contributed by atoms with Crippen LogP contribution in [0.15, 0.2) is 59.1 Å². The smallest absolute Gasteiger partial charge is 0.254 e. The van der Waals surface area contributed by atoms with Crippen molar-refractivity contribution in [3.63, 3.8) is 0 Å². The van der Waals surface area contributed by atoms with Gasteiger partial charge < -0.3 is 10.1 Å². The molecule has 0 aliphatic rings. The van der Waals surface area contributed by atoms with Gasteiger partial charge in [0, 0.05) is 18.1 Å². The van der Waals surface area contributed by atoms with Gasteiger partial charge in [-0.25, -0.2) is 0 Å². The Bertz CT molecular complexity index is 554. The molecule has 104 valence electrons. The molecule has 0 heterocycles. The standard InChI is InChI=1S/C16H16BrNO2/c1-20-15(13-5-3-2-4-6-13)16(19)18-11-12-7-9-14(17)10-8-12/h2-10,15H,11H2,1H3,(H,18,19). The number of carbonyl (C=O) groups is 1. The highest BCUT2D eigenvalue weighted by Gasteiger charge is 2.19. The van der Waals surface area contributed by atoms with Crippen molar-refractivity contribution < 1.29 is 9.53 Å². The molecule has 0 aliphatic heterocycles. The van der Waals surface area contributed by atoms with Gasteiger partial charge in [0.05, 0.1) is 0 Å². The van der Waals surface area contributed by atoms with Gasteiger partial charge in [-0.05, 0) is 23.3 Å². The molecule has 3 nitrogen and oxygen atoms in total. The van der Waals surface area contributed by atoms with Gasteiger partial charge in [0.2, 0.25) is 0 Å². The fraction of sp³-hybridized carbons (Fsp3) is 0.188. The van der Waals surface area contributed by atoms with Gasteiger partial charge >= 0.3 is 0 Å². The van der Waals surface area contributed by atoms with Crippen LogP contribution in [0.2, 0.25) is 0 Å². The van der Waals surface area contributed by atoms with Crippen LogP contribution in [-0.4, -0.2) is 13.0 Å². The molecule has 2 aromatic rings. The average molecular weight is 334 g/mol. The van der Waals surface area contributed by atoms with Gasteiger partial charge in [0.15, 0.2) is 6.10 Å². The lowest BCUT2D eigenvalue weighted by Crippen LogP contribution is -2.29. The number of nitrogens with one attached hydrogen (secondary N) is 1. The minimum atomic E-state index is -0.577. The lowest BCUT2D eigenvalue weighted by atomic mass is 10.1. The molecule has 0 aliphatic carbocycles. The van der Waals surface area contributed by atoms with Crippen LogP contribution in [0, 0.1) is 0 Å². The van der Waals surface area contributed by atoms with E-state index < -0.39 is 6.10 Å². The second-order valence-electron chi connectivity index (χ2n) is 4.37. The summed E-state index contributed by atoms with van der Waals surface area (Å²) in [7, 11) is 1.54. The molecule has 0 fully saturated rings. The zero-order chi connectivity index (χ0) is 14.4. The highest BCUT2D eigenvalue weighted by Crippen LogP contribution is 2.16. The second kappa shape index (κ2) is 7.22. The van der Waals surface area contributed by atoms with Crippen molar-refractivity contribution in [1.29, 1.82) is 0 Å². The highest BCUT2D eigenvalue weighted by atomic mass is 79.9. The van der Waals surface area contributed by atoms with Crippen molar-refractivity contribution in [1.82, 2.24) is 5.32 Å². The van der Waals surface area contributed by atoms with Gasteiger partial charge in [-0.15, -0.1) is 0 Å². The predicted molar refractivity (Wildman–Crippen MR) is 82.2 cm³/mol. The van der Waals surface area contributed by atoms with Crippen LogP contribution < -0.4 is 5.32 Å². The number of hydrogen-bond acceptors (Lipinski definition) is 2. The van der Waals surface area contributed by atoms with E-state index in [9.17, 15) is 4.79 Å². The summed E-state index contributed by atoms with van der Waals surface area (Å²) in [5.41, 5.74) is 1.90. The monoisotopic (exact) mass is 333 g/mol. The van der Waals surface area contributed by atoms with E-state index in [0.29, 0.717) is 6.54 Å². The van der Waals surface area contributed by atoms with Crippen molar-refractivity contribution in [2.45, 2.75) is 12.6 Å². The maximum absolute atomic E-state index is 12.2. The average Bonchev–Trinajstić information content (AvgIpc) is 2.48. The normalized spacial score (nSPS) is 11.9. The van der Waals surface area contributed by atoms with Crippen molar-refractivity contribution >= 4 is 21.8 Å². The molecule has 20 heavy (non-hydrogen) atoms. The number of benzene rings is 2. The first kappa shape index (κ1) is 14.8. The molecule has 2 rings (SSSR count). The van der Waals surface area contributed by atoms with Crippen molar-refractivity contribution in [3.05, 3.63) is 70.2 Å². The summed E-state index contributed by atoms with van der Waals surface area (Å²) in [6, 6.07) is 17.3. The maximum atomic E-state index is 12.2. The summed E-state index contributed by atoms with van der Waals surface area (Å²) in [4.78, 5) is 12.2. The van der Waals surface area contributed by atoms with Crippen molar-refractivity contribution in [2.75, 3.05) is 7.11 Å². The first-order valence-electron chi connectivity index (χ1n) is 6.30. The third kappa shape index (κ3) is 3.92. The molecule has 1 atom stereocenters. The topological polar surface area (TPSA) is 38.3 Å². The zero-order valence-electron chi connectivity index (χ0n) is 11.2. The predicted octanol–water partition coefficient (Wildman–Crippen LogP) is 3.45. The maximum Gasteiger partial charge on any atom is 0.254 e. The number of ether oxygens (including phenoxy) is 1. The van der Waals surface area contributed by atoms with Gasteiger partial charge in [0.1, 0.15) is 0 Å². The van der Waals surface area contributed by atoms with Crippen LogP contribution in [0.25, 0.3) is 0 Å². The van der Waals surface area contributed by atoms with Crippen LogP contribution >= 0.6 is 15.9 Å². The molecular weight excluding hydrogens is 318 g/mol. The van der Waals surface area contributed by atoms with Gasteiger partial charge in [-0.1, -0.05) is 58.4 Å². The minimum Gasteiger partial charge on any atom is -0.367 e. The number of rotatable bonds is 5.